The van der Waals surface area contributed by atoms with Gasteiger partial charge < -0.3 is 14.4 Å². The number of esters is 1. The largest absolute Gasteiger partial charge is 0.492 e. The predicted octanol–water partition coefficient (Wildman–Crippen LogP) is 4.13. The first-order chi connectivity index (χ1) is 13.5. The van der Waals surface area contributed by atoms with Crippen molar-refractivity contribution < 1.29 is 14.3 Å². The number of rotatable bonds is 7. The van der Waals surface area contributed by atoms with Crippen LogP contribution in [0.4, 0.5) is 0 Å². The van der Waals surface area contributed by atoms with E-state index in [-0.39, 0.29) is 37.4 Å². The summed E-state index contributed by atoms with van der Waals surface area (Å²) in [6.45, 7) is 10.2. The van der Waals surface area contributed by atoms with Gasteiger partial charge in [0.1, 0.15) is 19.0 Å². The van der Waals surface area contributed by atoms with Crippen LogP contribution in [0.25, 0.3) is 0 Å². The molecule has 0 bridgehead atoms. The second-order valence-electron chi connectivity index (χ2n) is 7.51. The molecular weight excluding hydrogens is 423 g/mol. The molecule has 0 aromatic heterocycles. The van der Waals surface area contributed by atoms with E-state index in [1.54, 1.807) is 12.1 Å². The summed E-state index contributed by atoms with van der Waals surface area (Å²) >= 11 is 0. The molecule has 1 aliphatic rings. The zero-order valence-electron chi connectivity index (χ0n) is 17.9. The lowest BCUT2D eigenvalue weighted by Gasteiger charge is -2.32. The van der Waals surface area contributed by atoms with Gasteiger partial charge in [-0.15, -0.1) is 24.8 Å². The average molecular weight is 455 g/mol. The highest BCUT2D eigenvalue weighted by Crippen LogP contribution is 2.26. The average Bonchev–Trinajstić information content (AvgIpc) is 2.70. The fraction of sp³-hybridized carbons (Fsp3) is 0.435. The topological polar surface area (TPSA) is 42.0 Å². The van der Waals surface area contributed by atoms with Crippen LogP contribution in [0.2, 0.25) is 0 Å². The number of carbonyl (C=O) groups excluding carboxylic acids is 1. The van der Waals surface area contributed by atoms with Crippen molar-refractivity contribution in [3.63, 3.8) is 0 Å². The summed E-state index contributed by atoms with van der Waals surface area (Å²) in [5, 5.41) is 0. The number of piperazine rings is 1. The molecule has 1 saturated heterocycles. The molecular formula is C23H32Cl2N2O3. The Morgan fingerprint density at radius 2 is 1.67 bits per heavy atom. The van der Waals surface area contributed by atoms with Gasteiger partial charge in [0.15, 0.2) is 0 Å². The molecule has 0 saturated carbocycles. The molecule has 0 aliphatic carbocycles. The van der Waals surface area contributed by atoms with Gasteiger partial charge in [-0.2, -0.15) is 0 Å². The van der Waals surface area contributed by atoms with Crippen molar-refractivity contribution in [2.24, 2.45) is 0 Å². The third-order valence-electron chi connectivity index (χ3n) is 5.11. The standard InChI is InChI=1S/C23H30N2O3.2ClH/c1-18-15-19(2)22(27-14-13-25-11-9-24(3)10-12-25)21(16-18)17-28-23(26)20-7-5-4-6-8-20;;/h4-8,15-16H,9-14,17H2,1-3H3;2*1H. The van der Waals surface area contributed by atoms with Crippen LogP contribution in [0.3, 0.4) is 0 Å². The minimum absolute atomic E-state index is 0. The molecule has 0 N–H and O–H groups in total. The third kappa shape index (κ3) is 7.47. The van der Waals surface area contributed by atoms with Crippen LogP contribution in [-0.4, -0.2) is 62.1 Å². The fourth-order valence-electron chi connectivity index (χ4n) is 3.51. The summed E-state index contributed by atoms with van der Waals surface area (Å²) in [5.41, 5.74) is 3.68. The lowest BCUT2D eigenvalue weighted by atomic mass is 10.1. The number of halogens is 2. The summed E-state index contributed by atoms with van der Waals surface area (Å²) < 4.78 is 11.7. The van der Waals surface area contributed by atoms with Gasteiger partial charge in [0.2, 0.25) is 0 Å². The van der Waals surface area contributed by atoms with E-state index in [1.807, 2.05) is 38.1 Å². The summed E-state index contributed by atoms with van der Waals surface area (Å²) in [6, 6.07) is 13.2. The zero-order chi connectivity index (χ0) is 19.9. The first kappa shape index (κ1) is 26.2. The van der Waals surface area contributed by atoms with Crippen LogP contribution in [-0.2, 0) is 11.3 Å². The Morgan fingerprint density at radius 1 is 1.00 bits per heavy atom. The zero-order valence-corrected chi connectivity index (χ0v) is 19.6. The van der Waals surface area contributed by atoms with Crippen LogP contribution in [0.5, 0.6) is 5.75 Å². The molecule has 1 aliphatic heterocycles. The van der Waals surface area contributed by atoms with Gasteiger partial charge in [0.25, 0.3) is 0 Å². The Hall–Kier alpha value is -1.79. The number of ether oxygens (including phenoxy) is 2. The van der Waals surface area contributed by atoms with Gasteiger partial charge in [-0.25, -0.2) is 4.79 Å². The SMILES string of the molecule is Cc1cc(C)c(OCCN2CCN(C)CC2)c(COC(=O)c2ccccc2)c1.Cl.Cl. The molecule has 1 heterocycles. The number of nitrogens with zero attached hydrogens (tertiary/aromatic N) is 2. The highest BCUT2D eigenvalue weighted by molar-refractivity contribution is 5.89. The molecule has 2 aromatic carbocycles. The molecule has 0 unspecified atom stereocenters. The number of hydrogen-bond acceptors (Lipinski definition) is 5. The van der Waals surface area contributed by atoms with E-state index in [4.69, 9.17) is 9.47 Å². The Kier molecular flexibility index (Phi) is 11.2. The molecule has 30 heavy (non-hydrogen) atoms. The summed E-state index contributed by atoms with van der Waals surface area (Å²) in [5.74, 6) is 0.517. The summed E-state index contributed by atoms with van der Waals surface area (Å²) in [4.78, 5) is 17.0. The monoisotopic (exact) mass is 454 g/mol. The molecule has 0 radical (unpaired) electrons. The van der Waals surface area contributed by atoms with Gasteiger partial charge in [-0.3, -0.25) is 4.90 Å². The van der Waals surface area contributed by atoms with Crippen LogP contribution in [0.1, 0.15) is 27.0 Å². The number of hydrogen-bond donors (Lipinski definition) is 0. The maximum absolute atomic E-state index is 12.3. The van der Waals surface area contributed by atoms with Crippen LogP contribution < -0.4 is 4.74 Å². The maximum atomic E-state index is 12.3. The van der Waals surface area contributed by atoms with Crippen LogP contribution in [0.15, 0.2) is 42.5 Å². The quantitative estimate of drug-likeness (QED) is 0.588. The Bertz CT molecular complexity index is 795. The predicted molar refractivity (Wildman–Crippen MR) is 125 cm³/mol. The fourth-order valence-corrected chi connectivity index (χ4v) is 3.51. The molecule has 0 spiro atoms. The molecule has 5 nitrogen and oxygen atoms in total. The van der Waals surface area contributed by atoms with Crippen LogP contribution in [0, 0.1) is 13.8 Å². The van der Waals surface area contributed by atoms with E-state index in [0.29, 0.717) is 12.2 Å². The smallest absolute Gasteiger partial charge is 0.338 e. The van der Waals surface area contributed by atoms with Crippen molar-refractivity contribution >= 4 is 30.8 Å². The maximum Gasteiger partial charge on any atom is 0.338 e. The van der Waals surface area contributed by atoms with E-state index in [1.165, 1.54) is 0 Å². The van der Waals surface area contributed by atoms with Gasteiger partial charge >= 0.3 is 5.97 Å². The van der Waals surface area contributed by atoms with Gasteiger partial charge in [0.05, 0.1) is 5.56 Å². The van der Waals surface area contributed by atoms with Gasteiger partial charge in [0, 0.05) is 38.3 Å². The molecule has 1 fully saturated rings. The number of aryl methyl sites for hydroxylation is 2. The second-order valence-corrected chi connectivity index (χ2v) is 7.51. The van der Waals surface area contributed by atoms with E-state index < -0.39 is 0 Å². The van der Waals surface area contributed by atoms with Gasteiger partial charge in [-0.05, 0) is 44.7 Å². The molecule has 3 rings (SSSR count). The van der Waals surface area contributed by atoms with E-state index in [9.17, 15) is 4.79 Å². The minimum atomic E-state index is -0.317. The molecule has 0 atom stereocenters. The highest BCUT2D eigenvalue weighted by atomic mass is 35.5. The molecule has 2 aromatic rings. The first-order valence-corrected chi connectivity index (χ1v) is 9.89. The van der Waals surface area contributed by atoms with Crippen molar-refractivity contribution in [3.8, 4) is 5.75 Å². The van der Waals surface area contributed by atoms with Crippen LogP contribution >= 0.6 is 24.8 Å². The number of carbonyl (C=O) groups is 1. The lowest BCUT2D eigenvalue weighted by molar-refractivity contribution is 0.0468. The molecule has 7 heteroatoms. The minimum Gasteiger partial charge on any atom is -0.492 e. The summed E-state index contributed by atoms with van der Waals surface area (Å²) in [7, 11) is 2.16. The summed E-state index contributed by atoms with van der Waals surface area (Å²) in [6.07, 6.45) is 0. The van der Waals surface area contributed by atoms with Crippen molar-refractivity contribution in [2.75, 3.05) is 46.4 Å². The first-order valence-electron chi connectivity index (χ1n) is 9.89. The van der Waals surface area contributed by atoms with Crippen molar-refractivity contribution in [1.82, 2.24) is 9.80 Å². The molecule has 0 amide bonds. The Labute approximate surface area is 192 Å². The van der Waals surface area contributed by atoms with E-state index in [2.05, 4.69) is 22.9 Å². The number of benzene rings is 2. The van der Waals surface area contributed by atoms with E-state index in [0.717, 1.165) is 55.2 Å². The van der Waals surface area contributed by atoms with Crippen molar-refractivity contribution in [1.29, 1.82) is 0 Å². The normalized spacial score (nSPS) is 14.4. The molecule has 166 valence electrons. The lowest BCUT2D eigenvalue weighted by Crippen LogP contribution is -2.45. The van der Waals surface area contributed by atoms with E-state index >= 15 is 0 Å². The van der Waals surface area contributed by atoms with Crippen molar-refractivity contribution in [2.45, 2.75) is 20.5 Å². The Morgan fingerprint density at radius 3 is 2.33 bits per heavy atom. The van der Waals surface area contributed by atoms with Gasteiger partial charge in [-0.1, -0.05) is 29.8 Å². The Balaban J connectivity index is 0.00000225. The number of likely N-dealkylation sites (N-methyl/N-ethyl adjacent to an activating group) is 1. The third-order valence-corrected chi connectivity index (χ3v) is 5.11. The van der Waals surface area contributed by atoms with Crippen molar-refractivity contribution in [3.05, 3.63) is 64.7 Å². The second kappa shape index (κ2) is 12.8. The highest BCUT2D eigenvalue weighted by Gasteiger charge is 2.15.